The lowest BCUT2D eigenvalue weighted by Gasteiger charge is -2.36. The monoisotopic (exact) mass is 358 g/mol. The van der Waals surface area contributed by atoms with Gasteiger partial charge in [0.1, 0.15) is 0 Å². The summed E-state index contributed by atoms with van der Waals surface area (Å²) in [6.07, 6.45) is -4.68. The van der Waals surface area contributed by atoms with Gasteiger partial charge in [0.15, 0.2) is 0 Å². The Hall–Kier alpha value is -0.490. The second kappa shape index (κ2) is 9.60. The smallest absolute Gasteiger partial charge is 0.314 e. The van der Waals surface area contributed by atoms with Gasteiger partial charge in [0.25, 0.3) is 0 Å². The van der Waals surface area contributed by atoms with Crippen molar-refractivity contribution in [1.29, 1.82) is 0 Å². The fourth-order valence-electron chi connectivity index (χ4n) is 2.79. The first-order valence-corrected chi connectivity index (χ1v) is 7.04. The van der Waals surface area contributed by atoms with Crippen LogP contribution in [0.3, 0.4) is 0 Å². The van der Waals surface area contributed by atoms with Crippen molar-refractivity contribution in [2.75, 3.05) is 26.2 Å². The molecule has 0 saturated carbocycles. The van der Waals surface area contributed by atoms with Gasteiger partial charge in [-0.25, -0.2) is 0 Å². The van der Waals surface area contributed by atoms with E-state index >= 15 is 0 Å². The Bertz CT molecular complexity index is 435. The lowest BCUT2D eigenvalue weighted by molar-refractivity contribution is -0.138. The van der Waals surface area contributed by atoms with Crippen molar-refractivity contribution in [3.63, 3.8) is 0 Å². The highest BCUT2D eigenvalue weighted by Crippen LogP contribution is 2.33. The Morgan fingerprint density at radius 3 is 2.27 bits per heavy atom. The molecule has 0 amide bonds. The molecule has 1 heterocycles. The lowest BCUT2D eigenvalue weighted by atomic mass is 9.95. The van der Waals surface area contributed by atoms with Crippen LogP contribution in [0, 0.1) is 6.92 Å². The van der Waals surface area contributed by atoms with Crippen molar-refractivity contribution in [3.8, 4) is 0 Å². The SMILES string of the molecule is Cc1ccccc1[C@H](CCC(F)(F)F)N1CCNCC1.Cl.Cl. The van der Waals surface area contributed by atoms with Gasteiger partial charge in [-0.2, -0.15) is 13.2 Å². The minimum atomic E-state index is -4.09. The van der Waals surface area contributed by atoms with E-state index in [9.17, 15) is 13.2 Å². The Morgan fingerprint density at radius 1 is 1.14 bits per heavy atom. The fourth-order valence-corrected chi connectivity index (χ4v) is 2.79. The van der Waals surface area contributed by atoms with Crippen LogP contribution in [0.25, 0.3) is 0 Å². The number of halogens is 5. The van der Waals surface area contributed by atoms with E-state index in [1.54, 1.807) is 0 Å². The predicted molar refractivity (Wildman–Crippen MR) is 88.1 cm³/mol. The van der Waals surface area contributed by atoms with Gasteiger partial charge in [0, 0.05) is 38.6 Å². The van der Waals surface area contributed by atoms with E-state index in [4.69, 9.17) is 0 Å². The summed E-state index contributed by atoms with van der Waals surface area (Å²) in [5.74, 6) is 0. The van der Waals surface area contributed by atoms with E-state index in [0.717, 1.165) is 37.3 Å². The van der Waals surface area contributed by atoms with E-state index in [1.165, 1.54) is 0 Å². The van der Waals surface area contributed by atoms with Crippen molar-refractivity contribution in [3.05, 3.63) is 35.4 Å². The average molecular weight is 359 g/mol. The molecule has 0 radical (unpaired) electrons. The summed E-state index contributed by atoms with van der Waals surface area (Å²) >= 11 is 0. The van der Waals surface area contributed by atoms with Gasteiger partial charge in [-0.3, -0.25) is 4.90 Å². The summed E-state index contributed by atoms with van der Waals surface area (Å²) in [5, 5.41) is 3.24. The van der Waals surface area contributed by atoms with Gasteiger partial charge in [0.2, 0.25) is 0 Å². The first kappa shape index (κ1) is 21.5. The van der Waals surface area contributed by atoms with Crippen LogP contribution in [0.15, 0.2) is 24.3 Å². The molecule has 2 nitrogen and oxygen atoms in total. The maximum absolute atomic E-state index is 12.6. The molecule has 1 aromatic carbocycles. The molecule has 128 valence electrons. The van der Waals surface area contributed by atoms with Crippen molar-refractivity contribution in [2.24, 2.45) is 0 Å². The molecule has 1 atom stereocenters. The Kier molecular flexibility index (Phi) is 9.39. The van der Waals surface area contributed by atoms with Crippen LogP contribution in [-0.4, -0.2) is 37.3 Å². The zero-order valence-corrected chi connectivity index (χ0v) is 14.2. The topological polar surface area (TPSA) is 15.3 Å². The zero-order chi connectivity index (χ0) is 14.6. The van der Waals surface area contributed by atoms with E-state index < -0.39 is 12.6 Å². The number of benzene rings is 1. The van der Waals surface area contributed by atoms with E-state index in [1.807, 2.05) is 31.2 Å². The summed E-state index contributed by atoms with van der Waals surface area (Å²) in [6, 6.07) is 7.62. The molecule has 1 fully saturated rings. The molecule has 1 saturated heterocycles. The first-order valence-electron chi connectivity index (χ1n) is 7.04. The number of piperazine rings is 1. The summed E-state index contributed by atoms with van der Waals surface area (Å²) in [7, 11) is 0. The molecule has 2 rings (SSSR count). The molecular formula is C15H23Cl2F3N2. The van der Waals surface area contributed by atoms with Crippen molar-refractivity contribution in [2.45, 2.75) is 32.0 Å². The van der Waals surface area contributed by atoms with Gasteiger partial charge in [-0.05, 0) is 24.5 Å². The molecule has 1 aliphatic rings. The van der Waals surface area contributed by atoms with Crippen LogP contribution in [0.5, 0.6) is 0 Å². The zero-order valence-electron chi connectivity index (χ0n) is 12.5. The first-order chi connectivity index (χ1) is 9.47. The molecule has 1 aromatic rings. The molecule has 0 aliphatic carbocycles. The molecule has 1 aliphatic heterocycles. The number of hydrogen-bond donors (Lipinski definition) is 1. The molecule has 22 heavy (non-hydrogen) atoms. The van der Waals surface area contributed by atoms with Crippen LogP contribution in [-0.2, 0) is 0 Å². The minimum Gasteiger partial charge on any atom is -0.314 e. The second-order valence-corrected chi connectivity index (χ2v) is 5.31. The van der Waals surface area contributed by atoms with Crippen LogP contribution < -0.4 is 5.32 Å². The predicted octanol–water partition coefficient (Wildman–Crippen LogP) is 4.13. The lowest BCUT2D eigenvalue weighted by Crippen LogP contribution is -2.45. The summed E-state index contributed by atoms with van der Waals surface area (Å²) < 4.78 is 37.7. The van der Waals surface area contributed by atoms with Crippen molar-refractivity contribution in [1.82, 2.24) is 10.2 Å². The molecular weight excluding hydrogens is 336 g/mol. The molecule has 0 spiro atoms. The summed E-state index contributed by atoms with van der Waals surface area (Å²) in [6.45, 7) is 5.26. The minimum absolute atomic E-state index is 0. The summed E-state index contributed by atoms with van der Waals surface area (Å²) in [4.78, 5) is 2.17. The molecule has 0 unspecified atom stereocenters. The molecule has 7 heteroatoms. The van der Waals surface area contributed by atoms with Gasteiger partial charge in [0.05, 0.1) is 0 Å². The van der Waals surface area contributed by atoms with E-state index in [-0.39, 0.29) is 37.3 Å². The summed E-state index contributed by atoms with van der Waals surface area (Å²) in [5.41, 5.74) is 2.09. The number of rotatable bonds is 4. The normalized spacial score (nSPS) is 17.3. The highest BCUT2D eigenvalue weighted by atomic mass is 35.5. The second-order valence-electron chi connectivity index (χ2n) is 5.31. The largest absolute Gasteiger partial charge is 0.389 e. The number of aryl methyl sites for hydroxylation is 1. The number of nitrogens with one attached hydrogen (secondary N) is 1. The molecule has 0 bridgehead atoms. The Balaban J connectivity index is 0.00000220. The third-order valence-electron chi connectivity index (χ3n) is 3.84. The van der Waals surface area contributed by atoms with Crippen LogP contribution >= 0.6 is 24.8 Å². The van der Waals surface area contributed by atoms with Crippen LogP contribution in [0.2, 0.25) is 0 Å². The van der Waals surface area contributed by atoms with Crippen LogP contribution in [0.4, 0.5) is 13.2 Å². The third-order valence-corrected chi connectivity index (χ3v) is 3.84. The number of alkyl halides is 3. The molecule has 0 aromatic heterocycles. The van der Waals surface area contributed by atoms with Gasteiger partial charge in [-0.15, -0.1) is 24.8 Å². The van der Waals surface area contributed by atoms with Gasteiger partial charge >= 0.3 is 6.18 Å². The number of nitrogens with zero attached hydrogens (tertiary/aromatic N) is 1. The highest BCUT2D eigenvalue weighted by Gasteiger charge is 2.31. The Labute approximate surface area is 142 Å². The van der Waals surface area contributed by atoms with Crippen molar-refractivity contribution < 1.29 is 13.2 Å². The molecule has 1 N–H and O–H groups in total. The van der Waals surface area contributed by atoms with Gasteiger partial charge < -0.3 is 5.32 Å². The maximum Gasteiger partial charge on any atom is 0.389 e. The van der Waals surface area contributed by atoms with Gasteiger partial charge in [-0.1, -0.05) is 24.3 Å². The average Bonchev–Trinajstić information content (AvgIpc) is 2.41. The quantitative estimate of drug-likeness (QED) is 0.870. The van der Waals surface area contributed by atoms with E-state index in [0.29, 0.717) is 0 Å². The Morgan fingerprint density at radius 2 is 1.73 bits per heavy atom. The van der Waals surface area contributed by atoms with Crippen molar-refractivity contribution >= 4 is 24.8 Å². The third kappa shape index (κ3) is 6.32. The fraction of sp³-hybridized carbons (Fsp3) is 0.600. The standard InChI is InChI=1S/C15H21F3N2.2ClH/c1-12-4-2-3-5-13(12)14(6-7-15(16,17)18)20-10-8-19-9-11-20;;/h2-5,14,19H,6-11H2,1H3;2*1H/t14-;;/m0../s1. The van der Waals surface area contributed by atoms with E-state index in [2.05, 4.69) is 10.2 Å². The highest BCUT2D eigenvalue weighted by molar-refractivity contribution is 5.85. The number of hydrogen-bond acceptors (Lipinski definition) is 2. The van der Waals surface area contributed by atoms with Crippen LogP contribution in [0.1, 0.15) is 30.0 Å². The maximum atomic E-state index is 12.6.